The van der Waals surface area contributed by atoms with Crippen molar-refractivity contribution in [2.45, 2.75) is 13.3 Å². The second kappa shape index (κ2) is 6.89. The summed E-state index contributed by atoms with van der Waals surface area (Å²) in [5, 5.41) is 4.40. The van der Waals surface area contributed by atoms with E-state index in [2.05, 4.69) is 34.3 Å². The number of hydrogen-bond donors (Lipinski definition) is 1. The molecule has 0 bridgehead atoms. The predicted octanol–water partition coefficient (Wildman–Crippen LogP) is 3.82. The molecule has 0 aliphatic heterocycles. The molecular weight excluding hydrogens is 274 g/mol. The summed E-state index contributed by atoms with van der Waals surface area (Å²) < 4.78 is 5.71. The maximum atomic E-state index is 5.71. The van der Waals surface area contributed by atoms with E-state index in [4.69, 9.17) is 4.74 Å². The largest absolute Gasteiger partial charge is 0.494 e. The Hall–Kier alpha value is -2.62. The fourth-order valence-corrected chi connectivity index (χ4v) is 2.25. The Bertz CT molecular complexity index is 735. The molecule has 2 aromatic carbocycles. The van der Waals surface area contributed by atoms with E-state index in [-0.39, 0.29) is 0 Å². The third-order valence-corrected chi connectivity index (χ3v) is 3.45. The standard InChI is InChI=1S/C18H19N3O/c1-14-7-9-15(10-8-14)22-12-4-11-19-18-16-5-2-3-6-17(16)20-13-21-18/h2-3,5-10,13H,4,11-12H2,1H3,(H,19,20,21). The monoisotopic (exact) mass is 293 g/mol. The van der Waals surface area contributed by atoms with Gasteiger partial charge in [0.2, 0.25) is 0 Å². The van der Waals surface area contributed by atoms with Crippen LogP contribution >= 0.6 is 0 Å². The Morgan fingerprint density at radius 1 is 1.00 bits per heavy atom. The van der Waals surface area contributed by atoms with E-state index in [0.29, 0.717) is 6.61 Å². The number of fused-ring (bicyclic) bond motifs is 1. The molecule has 0 fully saturated rings. The first kappa shape index (κ1) is 14.3. The lowest BCUT2D eigenvalue weighted by Gasteiger charge is -2.09. The Balaban J connectivity index is 1.49. The molecule has 0 atom stereocenters. The Kier molecular flexibility index (Phi) is 4.49. The van der Waals surface area contributed by atoms with Gasteiger partial charge in [-0.05, 0) is 37.6 Å². The third-order valence-electron chi connectivity index (χ3n) is 3.45. The van der Waals surface area contributed by atoms with Gasteiger partial charge in [-0.1, -0.05) is 29.8 Å². The lowest BCUT2D eigenvalue weighted by Crippen LogP contribution is -2.08. The molecular formula is C18H19N3O. The van der Waals surface area contributed by atoms with Gasteiger partial charge in [0, 0.05) is 11.9 Å². The van der Waals surface area contributed by atoms with E-state index in [0.717, 1.165) is 35.4 Å². The molecule has 0 aliphatic rings. The first-order valence-electron chi connectivity index (χ1n) is 7.46. The topological polar surface area (TPSA) is 47.0 Å². The molecule has 4 heteroatoms. The van der Waals surface area contributed by atoms with Crippen molar-refractivity contribution in [1.29, 1.82) is 0 Å². The Labute approximate surface area is 130 Å². The zero-order valence-corrected chi connectivity index (χ0v) is 12.6. The highest BCUT2D eigenvalue weighted by Crippen LogP contribution is 2.18. The van der Waals surface area contributed by atoms with Gasteiger partial charge in [-0.15, -0.1) is 0 Å². The molecule has 0 radical (unpaired) electrons. The third kappa shape index (κ3) is 3.52. The van der Waals surface area contributed by atoms with E-state index in [1.165, 1.54) is 5.56 Å². The van der Waals surface area contributed by atoms with Gasteiger partial charge in [0.05, 0.1) is 12.1 Å². The number of anilines is 1. The number of rotatable bonds is 6. The van der Waals surface area contributed by atoms with E-state index < -0.39 is 0 Å². The van der Waals surface area contributed by atoms with Crippen molar-refractivity contribution in [3.63, 3.8) is 0 Å². The van der Waals surface area contributed by atoms with Crippen LogP contribution in [0.4, 0.5) is 5.82 Å². The van der Waals surface area contributed by atoms with E-state index in [9.17, 15) is 0 Å². The molecule has 1 heterocycles. The highest BCUT2D eigenvalue weighted by Gasteiger charge is 2.01. The van der Waals surface area contributed by atoms with Gasteiger partial charge >= 0.3 is 0 Å². The summed E-state index contributed by atoms with van der Waals surface area (Å²) in [5.74, 6) is 1.79. The van der Waals surface area contributed by atoms with Crippen molar-refractivity contribution < 1.29 is 4.74 Å². The number of aryl methyl sites for hydroxylation is 1. The van der Waals surface area contributed by atoms with Crippen molar-refractivity contribution in [3.05, 3.63) is 60.4 Å². The van der Waals surface area contributed by atoms with Gasteiger partial charge in [-0.25, -0.2) is 9.97 Å². The first-order chi connectivity index (χ1) is 10.8. The Morgan fingerprint density at radius 2 is 1.82 bits per heavy atom. The van der Waals surface area contributed by atoms with Crippen molar-refractivity contribution in [3.8, 4) is 5.75 Å². The van der Waals surface area contributed by atoms with Gasteiger partial charge in [-0.3, -0.25) is 0 Å². The number of nitrogens with one attached hydrogen (secondary N) is 1. The fourth-order valence-electron chi connectivity index (χ4n) is 2.25. The summed E-state index contributed by atoms with van der Waals surface area (Å²) in [4.78, 5) is 8.57. The van der Waals surface area contributed by atoms with Gasteiger partial charge in [0.25, 0.3) is 0 Å². The van der Waals surface area contributed by atoms with E-state index in [1.54, 1.807) is 6.33 Å². The lowest BCUT2D eigenvalue weighted by atomic mass is 10.2. The van der Waals surface area contributed by atoms with Crippen LogP contribution in [-0.2, 0) is 0 Å². The SMILES string of the molecule is Cc1ccc(OCCCNc2ncnc3ccccc23)cc1. The van der Waals surface area contributed by atoms with E-state index in [1.807, 2.05) is 36.4 Å². The maximum Gasteiger partial charge on any atom is 0.137 e. The van der Waals surface area contributed by atoms with Crippen LogP contribution in [0.25, 0.3) is 10.9 Å². The minimum Gasteiger partial charge on any atom is -0.494 e. The molecule has 1 N–H and O–H groups in total. The lowest BCUT2D eigenvalue weighted by molar-refractivity contribution is 0.315. The van der Waals surface area contributed by atoms with Crippen LogP contribution in [0, 0.1) is 6.92 Å². The van der Waals surface area contributed by atoms with Gasteiger partial charge < -0.3 is 10.1 Å². The molecule has 4 nitrogen and oxygen atoms in total. The summed E-state index contributed by atoms with van der Waals surface area (Å²) in [6.07, 6.45) is 2.50. The van der Waals surface area contributed by atoms with Crippen molar-refractivity contribution >= 4 is 16.7 Å². The molecule has 0 unspecified atom stereocenters. The number of hydrogen-bond acceptors (Lipinski definition) is 4. The second-order valence-electron chi connectivity index (χ2n) is 5.18. The van der Waals surface area contributed by atoms with Crippen LogP contribution in [0.15, 0.2) is 54.9 Å². The molecule has 0 spiro atoms. The Morgan fingerprint density at radius 3 is 2.68 bits per heavy atom. The van der Waals surface area contributed by atoms with Crippen LogP contribution in [0.5, 0.6) is 5.75 Å². The normalized spacial score (nSPS) is 10.6. The molecule has 0 saturated heterocycles. The van der Waals surface area contributed by atoms with Gasteiger partial charge in [0.1, 0.15) is 17.9 Å². The van der Waals surface area contributed by atoms with Crippen LogP contribution in [0.2, 0.25) is 0 Å². The molecule has 0 amide bonds. The summed E-state index contributed by atoms with van der Waals surface area (Å²) in [7, 11) is 0. The average Bonchev–Trinajstić information content (AvgIpc) is 2.56. The zero-order valence-electron chi connectivity index (χ0n) is 12.6. The van der Waals surface area contributed by atoms with Gasteiger partial charge in [-0.2, -0.15) is 0 Å². The minimum absolute atomic E-state index is 0.680. The quantitative estimate of drug-likeness (QED) is 0.702. The molecule has 112 valence electrons. The maximum absolute atomic E-state index is 5.71. The van der Waals surface area contributed by atoms with Crippen LogP contribution in [0.1, 0.15) is 12.0 Å². The first-order valence-corrected chi connectivity index (χ1v) is 7.46. The predicted molar refractivity (Wildman–Crippen MR) is 89.3 cm³/mol. The average molecular weight is 293 g/mol. The number of aromatic nitrogens is 2. The van der Waals surface area contributed by atoms with Crippen LogP contribution in [-0.4, -0.2) is 23.1 Å². The second-order valence-corrected chi connectivity index (χ2v) is 5.18. The van der Waals surface area contributed by atoms with Crippen LogP contribution < -0.4 is 10.1 Å². The minimum atomic E-state index is 0.680. The van der Waals surface area contributed by atoms with Crippen LogP contribution in [0.3, 0.4) is 0 Å². The molecule has 0 saturated carbocycles. The smallest absolute Gasteiger partial charge is 0.137 e. The number of nitrogens with zero attached hydrogens (tertiary/aromatic N) is 2. The number of benzene rings is 2. The summed E-state index contributed by atoms with van der Waals surface area (Å²) in [5.41, 5.74) is 2.19. The van der Waals surface area contributed by atoms with Gasteiger partial charge in [0.15, 0.2) is 0 Å². The van der Waals surface area contributed by atoms with E-state index >= 15 is 0 Å². The summed E-state index contributed by atoms with van der Waals surface area (Å²) in [6.45, 7) is 3.56. The van der Waals surface area contributed by atoms with Crippen molar-refractivity contribution in [1.82, 2.24) is 9.97 Å². The fraction of sp³-hybridized carbons (Fsp3) is 0.222. The highest BCUT2D eigenvalue weighted by molar-refractivity contribution is 5.88. The molecule has 0 aliphatic carbocycles. The molecule has 22 heavy (non-hydrogen) atoms. The van der Waals surface area contributed by atoms with Crippen molar-refractivity contribution in [2.24, 2.45) is 0 Å². The zero-order chi connectivity index (χ0) is 15.2. The summed E-state index contributed by atoms with van der Waals surface area (Å²) >= 11 is 0. The highest BCUT2D eigenvalue weighted by atomic mass is 16.5. The molecule has 3 rings (SSSR count). The molecule has 3 aromatic rings. The number of ether oxygens (including phenoxy) is 1. The number of para-hydroxylation sites is 1. The molecule has 1 aromatic heterocycles. The summed E-state index contributed by atoms with van der Waals surface area (Å²) in [6, 6.07) is 16.1. The van der Waals surface area contributed by atoms with Crippen molar-refractivity contribution in [2.75, 3.05) is 18.5 Å².